The minimum absolute atomic E-state index is 0.168. The summed E-state index contributed by atoms with van der Waals surface area (Å²) in [6.07, 6.45) is 29.5. The molecule has 2 aliphatic rings. The molecule has 0 aromatic carbocycles. The molecule has 17 heteroatoms. The monoisotopic (exact) mass is 877 g/mol. The van der Waals surface area contributed by atoms with Crippen molar-refractivity contribution in [2.75, 3.05) is 12.5 Å². The van der Waals surface area contributed by atoms with Crippen LogP contribution in [-0.2, 0) is 25.7 Å². The Labute approximate surface area is 373 Å². The van der Waals surface area contributed by atoms with E-state index >= 15 is 0 Å². The number of nitriles is 1. The molecular weight excluding hydrogens is 831 g/mol. The molecule has 320 valence electrons. The lowest BCUT2D eigenvalue weighted by Crippen LogP contribution is -2.17. The Balaban J connectivity index is 0.000000174. The quantitative estimate of drug-likeness (QED) is 0.117. The second-order valence-electron chi connectivity index (χ2n) is 16.1. The van der Waals surface area contributed by atoms with Gasteiger partial charge in [-0.05, 0) is 129 Å². The number of aromatic amines is 1. The predicted molar refractivity (Wildman–Crippen MR) is 242 cm³/mol. The fourth-order valence-electron chi connectivity index (χ4n) is 8.55. The highest BCUT2D eigenvalue weighted by molar-refractivity contribution is 7.98. The number of rotatable bonds is 13. The number of nitrogens with one attached hydrogen (secondary N) is 1. The number of aromatic nitrogens is 12. The Bertz CT molecular complexity index is 2740. The lowest BCUT2D eigenvalue weighted by molar-refractivity contribution is 0.476. The number of nitrogens with zero attached hydrogens (tertiary/aromatic N) is 12. The molecule has 0 spiro atoms. The molecule has 15 nitrogen and oxygen atoms in total. The largest absolute Gasteiger partial charge is 0.283 e. The van der Waals surface area contributed by atoms with Crippen molar-refractivity contribution >= 4 is 23.5 Å². The molecule has 2 aliphatic carbocycles. The fraction of sp³-hybridized carbons (Fsp3) is 0.348. The lowest BCUT2D eigenvalue weighted by Gasteiger charge is -2.12. The molecule has 0 aliphatic heterocycles. The highest BCUT2D eigenvalue weighted by Gasteiger charge is 2.27. The van der Waals surface area contributed by atoms with Crippen LogP contribution in [0.3, 0.4) is 0 Å². The predicted octanol–water partition coefficient (Wildman–Crippen LogP) is 6.94. The van der Waals surface area contributed by atoms with E-state index in [-0.39, 0.29) is 11.1 Å². The summed E-state index contributed by atoms with van der Waals surface area (Å²) < 4.78 is 3.07. The van der Waals surface area contributed by atoms with Crippen molar-refractivity contribution in [3.8, 4) is 28.8 Å². The van der Waals surface area contributed by atoms with Gasteiger partial charge >= 0.3 is 0 Å². The van der Waals surface area contributed by atoms with E-state index < -0.39 is 0 Å². The van der Waals surface area contributed by atoms with Gasteiger partial charge in [0.15, 0.2) is 0 Å². The van der Waals surface area contributed by atoms with Crippen LogP contribution in [0.15, 0.2) is 117 Å². The normalized spacial score (nSPS) is 18.1. The number of hydrogen-bond donors (Lipinski definition) is 1. The van der Waals surface area contributed by atoms with Crippen molar-refractivity contribution in [1.82, 2.24) is 59.7 Å². The lowest BCUT2D eigenvalue weighted by atomic mass is 9.97. The number of tetrazole rings is 1. The van der Waals surface area contributed by atoms with Gasteiger partial charge in [0.05, 0.1) is 35.4 Å². The SMILES string of the molecule is CSc1cnc(C[C@H]2CC[C@H](Cc3ccc(-n4ccc(-c5nn[nH]n5)cc4=O)cn3)C2)nc1.CSc1cnc(C[C@H]2CC[C@H](Cc3ccc(-n4ccc(C#N)cc4=O)cn3)C2)nc1. The molecule has 2 saturated carbocycles. The van der Waals surface area contributed by atoms with Gasteiger partial charge in [-0.15, -0.1) is 33.7 Å². The van der Waals surface area contributed by atoms with Gasteiger partial charge < -0.3 is 0 Å². The van der Waals surface area contributed by atoms with E-state index in [4.69, 9.17) is 5.26 Å². The van der Waals surface area contributed by atoms with Crippen molar-refractivity contribution in [3.63, 3.8) is 0 Å². The minimum atomic E-state index is -0.227. The van der Waals surface area contributed by atoms with Gasteiger partial charge in [-0.2, -0.15) is 10.5 Å². The molecular formula is C46H47N13O2S2. The van der Waals surface area contributed by atoms with Gasteiger partial charge in [0.25, 0.3) is 11.1 Å². The molecule has 7 heterocycles. The summed E-state index contributed by atoms with van der Waals surface area (Å²) in [5.74, 6) is 4.78. The van der Waals surface area contributed by atoms with E-state index in [2.05, 4.69) is 50.5 Å². The molecule has 7 aromatic rings. The summed E-state index contributed by atoms with van der Waals surface area (Å²) in [6, 6.07) is 16.1. The fourth-order valence-corrected chi connectivity index (χ4v) is 9.18. The Morgan fingerprint density at radius 1 is 0.635 bits per heavy atom. The third-order valence-corrected chi connectivity index (χ3v) is 13.2. The maximum Gasteiger partial charge on any atom is 0.256 e. The van der Waals surface area contributed by atoms with E-state index in [1.54, 1.807) is 65.0 Å². The smallest absolute Gasteiger partial charge is 0.256 e. The van der Waals surface area contributed by atoms with Crippen molar-refractivity contribution in [2.45, 2.75) is 74.0 Å². The standard InChI is InChI=1S/C23H24N8OS.C23H23N5OS/c1-33-20-13-25-21(26-14-20)10-16-3-2-15(8-16)9-18-4-5-19(12-24-18)31-7-6-17(11-22(31)32)23-27-29-30-28-23;1-30-21-14-26-22(27-15-21)10-17-3-2-16(8-17)9-19-4-5-20(13-25-19)28-7-6-18(12-24)11-23(28)29/h4-7,11-16H,2-3,8-10H2,1H3,(H,27,28,29,30);4-7,11,13-17H,2-3,8-10H2,1H3/t15-,16-;16-,17-/m00/s1. The second-order valence-corrected chi connectivity index (χ2v) is 17.9. The molecule has 0 amide bonds. The number of hydrogen-bond acceptors (Lipinski definition) is 14. The topological polar surface area (TPSA) is 200 Å². The zero-order valence-electron chi connectivity index (χ0n) is 35.1. The average molecular weight is 878 g/mol. The van der Waals surface area contributed by atoms with Crippen LogP contribution in [0.1, 0.15) is 67.1 Å². The highest BCUT2D eigenvalue weighted by atomic mass is 32.2. The molecule has 2 fully saturated rings. The Morgan fingerprint density at radius 2 is 1.13 bits per heavy atom. The van der Waals surface area contributed by atoms with Crippen molar-refractivity contribution in [2.24, 2.45) is 23.7 Å². The van der Waals surface area contributed by atoms with Crippen LogP contribution in [0.5, 0.6) is 0 Å². The maximum absolute atomic E-state index is 12.6. The van der Waals surface area contributed by atoms with Gasteiger partial charge in [0.2, 0.25) is 5.82 Å². The van der Waals surface area contributed by atoms with Crippen LogP contribution in [-0.4, -0.2) is 72.2 Å². The first-order chi connectivity index (χ1) is 30.8. The molecule has 0 radical (unpaired) electrons. The summed E-state index contributed by atoms with van der Waals surface area (Å²) in [4.78, 5) is 54.1. The van der Waals surface area contributed by atoms with E-state index in [9.17, 15) is 9.59 Å². The summed E-state index contributed by atoms with van der Waals surface area (Å²) in [5.41, 5.74) is 4.14. The van der Waals surface area contributed by atoms with Crippen molar-refractivity contribution in [3.05, 3.63) is 147 Å². The first kappa shape index (κ1) is 43.3. The van der Waals surface area contributed by atoms with Crippen LogP contribution in [0.2, 0.25) is 0 Å². The molecule has 63 heavy (non-hydrogen) atoms. The third-order valence-electron chi connectivity index (χ3n) is 11.8. The summed E-state index contributed by atoms with van der Waals surface area (Å²) >= 11 is 3.32. The van der Waals surface area contributed by atoms with Crippen molar-refractivity contribution in [1.29, 1.82) is 5.26 Å². The van der Waals surface area contributed by atoms with Crippen LogP contribution < -0.4 is 11.1 Å². The molecule has 9 rings (SSSR count). The Morgan fingerprint density at radius 3 is 1.54 bits per heavy atom. The first-order valence-electron chi connectivity index (χ1n) is 21.0. The summed E-state index contributed by atoms with van der Waals surface area (Å²) in [5, 5.41) is 22.6. The average Bonchev–Trinajstić information content (AvgIpc) is 4.12. The second kappa shape index (κ2) is 20.7. The summed E-state index contributed by atoms with van der Waals surface area (Å²) in [6.45, 7) is 0. The number of H-pyrrole nitrogens is 1. The van der Waals surface area contributed by atoms with E-state index in [0.29, 0.717) is 46.3 Å². The van der Waals surface area contributed by atoms with E-state index in [1.165, 1.54) is 55.2 Å². The molecule has 0 bridgehead atoms. The molecule has 4 atom stereocenters. The van der Waals surface area contributed by atoms with Crippen LogP contribution in [0, 0.1) is 35.0 Å². The molecule has 1 N–H and O–H groups in total. The zero-order chi connectivity index (χ0) is 43.5. The van der Waals surface area contributed by atoms with E-state index in [1.807, 2.05) is 67.6 Å². The number of pyridine rings is 4. The van der Waals surface area contributed by atoms with Gasteiger partial charge in [-0.1, -0.05) is 0 Å². The van der Waals surface area contributed by atoms with Gasteiger partial charge in [-0.25, -0.2) is 19.9 Å². The Hall–Kier alpha value is -6.38. The summed E-state index contributed by atoms with van der Waals surface area (Å²) in [7, 11) is 0. The van der Waals surface area contributed by atoms with Gasteiger partial charge in [0.1, 0.15) is 11.6 Å². The maximum atomic E-state index is 12.6. The number of thioether (sulfide) groups is 2. The third kappa shape index (κ3) is 11.4. The van der Waals surface area contributed by atoms with Crippen LogP contribution >= 0.6 is 23.5 Å². The Kier molecular flexibility index (Phi) is 14.2. The molecule has 0 saturated heterocycles. The van der Waals surface area contributed by atoms with Gasteiger partial charge in [-0.3, -0.25) is 28.7 Å². The van der Waals surface area contributed by atoms with Crippen LogP contribution in [0.25, 0.3) is 22.8 Å². The molecule has 7 aromatic heterocycles. The van der Waals surface area contributed by atoms with E-state index in [0.717, 1.165) is 64.2 Å². The molecule has 0 unspecified atom stereocenters. The minimum Gasteiger partial charge on any atom is -0.283 e. The highest BCUT2D eigenvalue weighted by Crippen LogP contribution is 2.36. The van der Waals surface area contributed by atoms with Crippen molar-refractivity contribution < 1.29 is 0 Å². The zero-order valence-corrected chi connectivity index (χ0v) is 36.8. The first-order valence-corrected chi connectivity index (χ1v) is 23.5. The van der Waals surface area contributed by atoms with Crippen LogP contribution in [0.4, 0.5) is 0 Å². The van der Waals surface area contributed by atoms with Gasteiger partial charge in [0, 0.05) is 88.9 Å².